The van der Waals surface area contributed by atoms with Crippen molar-refractivity contribution in [3.05, 3.63) is 36.5 Å². The van der Waals surface area contributed by atoms with Crippen molar-refractivity contribution in [2.75, 3.05) is 0 Å². The zero-order valence-corrected chi connectivity index (χ0v) is 32.2. The van der Waals surface area contributed by atoms with Gasteiger partial charge in [0.15, 0.2) is 0 Å². The fraction of sp³-hybridized carbons (Fsp3) is 0.806. The fourth-order valence-corrected chi connectivity index (χ4v) is 4.27. The molecule has 0 bridgehead atoms. The Hall–Kier alpha value is -0.756. The molecular formula is C36H72O3Si2. The van der Waals surface area contributed by atoms with Crippen molar-refractivity contribution in [1.29, 1.82) is 0 Å². The molecule has 1 aliphatic rings. The minimum atomic E-state index is -0.434. The van der Waals surface area contributed by atoms with Crippen molar-refractivity contribution in [2.24, 2.45) is 11.8 Å². The SMILES string of the molecule is C/C=C/CCCCC/C=C\C[C@H]1C(=O)CC(OC(C)(C)C)[C@@H]1/C=C/C(O)CCCCC.C[SiH2]C.C[SiH](C)C(C)(C)C. The van der Waals surface area contributed by atoms with Crippen LogP contribution in [0, 0.1) is 11.8 Å². The molecule has 0 aromatic rings. The van der Waals surface area contributed by atoms with Crippen molar-refractivity contribution in [1.82, 2.24) is 0 Å². The Morgan fingerprint density at radius 2 is 1.54 bits per heavy atom. The van der Waals surface area contributed by atoms with Crippen LogP contribution in [-0.4, -0.2) is 47.0 Å². The third-order valence-electron chi connectivity index (χ3n) is 7.64. The number of aliphatic hydroxyl groups excluding tert-OH is 1. The Balaban J connectivity index is 0. The van der Waals surface area contributed by atoms with Gasteiger partial charge in [0.25, 0.3) is 0 Å². The molecule has 0 aromatic carbocycles. The van der Waals surface area contributed by atoms with Gasteiger partial charge in [0, 0.05) is 36.6 Å². The van der Waals surface area contributed by atoms with Crippen LogP contribution in [0.4, 0.5) is 0 Å². The largest absolute Gasteiger partial charge is 0.389 e. The number of Topliss-reactive ketones (excluding diaryl/α,β-unsaturated/α-hetero) is 1. The van der Waals surface area contributed by atoms with E-state index < -0.39 is 6.10 Å². The van der Waals surface area contributed by atoms with E-state index in [1.807, 2.05) is 26.8 Å². The van der Waals surface area contributed by atoms with Gasteiger partial charge in [-0.2, -0.15) is 0 Å². The molecule has 0 heterocycles. The monoisotopic (exact) mass is 609 g/mol. The summed E-state index contributed by atoms with van der Waals surface area (Å²) in [5.74, 6) is 0.288. The molecule has 1 aliphatic carbocycles. The predicted octanol–water partition coefficient (Wildman–Crippen LogP) is 9.87. The minimum absolute atomic E-state index is 0.0398. The highest BCUT2D eigenvalue weighted by atomic mass is 28.3. The molecule has 3 nitrogen and oxygen atoms in total. The smallest absolute Gasteiger partial charge is 0.139 e. The van der Waals surface area contributed by atoms with Crippen LogP contribution in [0.15, 0.2) is 36.5 Å². The van der Waals surface area contributed by atoms with Crippen molar-refractivity contribution in [3.63, 3.8) is 0 Å². The number of unbranched alkanes of at least 4 members (excludes halogenated alkanes) is 6. The highest BCUT2D eigenvalue weighted by Crippen LogP contribution is 2.37. The lowest BCUT2D eigenvalue weighted by atomic mass is 9.89. The maximum atomic E-state index is 12.8. The van der Waals surface area contributed by atoms with Gasteiger partial charge >= 0.3 is 0 Å². The first kappa shape index (κ1) is 42.4. The zero-order chi connectivity index (χ0) is 31.9. The van der Waals surface area contributed by atoms with E-state index in [1.165, 1.54) is 25.7 Å². The number of hydrogen-bond donors (Lipinski definition) is 1. The van der Waals surface area contributed by atoms with E-state index >= 15 is 0 Å². The molecule has 0 aliphatic heterocycles. The molecule has 242 valence electrons. The topological polar surface area (TPSA) is 46.5 Å². The number of ketones is 1. The van der Waals surface area contributed by atoms with Gasteiger partial charge in [0.2, 0.25) is 0 Å². The third-order valence-corrected chi connectivity index (χ3v) is 11.1. The minimum Gasteiger partial charge on any atom is -0.389 e. The van der Waals surface area contributed by atoms with Gasteiger partial charge in [-0.3, -0.25) is 4.79 Å². The van der Waals surface area contributed by atoms with Crippen molar-refractivity contribution >= 4 is 24.1 Å². The molecule has 5 heteroatoms. The van der Waals surface area contributed by atoms with Gasteiger partial charge in [-0.1, -0.05) is 116 Å². The average molecular weight is 609 g/mol. The summed E-state index contributed by atoms with van der Waals surface area (Å²) in [6.07, 6.45) is 23.5. The van der Waals surface area contributed by atoms with Gasteiger partial charge < -0.3 is 9.84 Å². The van der Waals surface area contributed by atoms with Gasteiger partial charge in [0.05, 0.1) is 17.8 Å². The zero-order valence-electron chi connectivity index (χ0n) is 29.6. The Kier molecular flexibility index (Phi) is 25.5. The number of rotatable bonds is 15. The summed E-state index contributed by atoms with van der Waals surface area (Å²) in [6, 6.07) is 0. The quantitative estimate of drug-likeness (QED) is 0.114. The van der Waals surface area contributed by atoms with E-state index in [0.29, 0.717) is 26.8 Å². The molecule has 0 amide bonds. The molecule has 2 unspecified atom stereocenters. The predicted molar refractivity (Wildman–Crippen MR) is 191 cm³/mol. The van der Waals surface area contributed by atoms with Gasteiger partial charge in [-0.05, 0) is 71.3 Å². The van der Waals surface area contributed by atoms with E-state index in [9.17, 15) is 9.90 Å². The highest BCUT2D eigenvalue weighted by Gasteiger charge is 2.42. The number of carbonyl (C=O) groups is 1. The van der Waals surface area contributed by atoms with E-state index in [1.54, 1.807) is 0 Å². The Morgan fingerprint density at radius 1 is 0.976 bits per heavy atom. The highest BCUT2D eigenvalue weighted by molar-refractivity contribution is 6.59. The number of carbonyl (C=O) groups excluding carboxylic acids is 1. The van der Waals surface area contributed by atoms with Gasteiger partial charge in [-0.25, -0.2) is 0 Å². The number of hydrogen-bond acceptors (Lipinski definition) is 3. The Labute approximate surface area is 261 Å². The molecule has 1 saturated carbocycles. The van der Waals surface area contributed by atoms with Gasteiger partial charge in [0.1, 0.15) is 5.78 Å². The van der Waals surface area contributed by atoms with Crippen LogP contribution in [0.5, 0.6) is 0 Å². The summed E-state index contributed by atoms with van der Waals surface area (Å²) in [4.78, 5) is 12.8. The Bertz CT molecular complexity index is 713. The second kappa shape index (κ2) is 24.7. The molecule has 0 radical (unpaired) electrons. The average Bonchev–Trinajstić information content (AvgIpc) is 3.14. The second-order valence-corrected chi connectivity index (χ2v) is 19.7. The first-order chi connectivity index (χ1) is 19.1. The summed E-state index contributed by atoms with van der Waals surface area (Å²) in [6.45, 7) is 26.6. The lowest BCUT2D eigenvalue weighted by Gasteiger charge is -2.28. The van der Waals surface area contributed by atoms with Crippen LogP contribution in [0.1, 0.15) is 126 Å². The molecule has 0 aromatic heterocycles. The normalized spacial score (nSPS) is 20.5. The molecule has 1 N–H and O–H groups in total. The second-order valence-electron chi connectivity index (χ2n) is 14.2. The molecule has 1 fully saturated rings. The summed E-state index contributed by atoms with van der Waals surface area (Å²) >= 11 is 0. The molecule has 41 heavy (non-hydrogen) atoms. The number of aliphatic hydroxyl groups is 1. The number of allylic oxidation sites excluding steroid dienone is 4. The van der Waals surface area contributed by atoms with Crippen LogP contribution < -0.4 is 0 Å². The van der Waals surface area contributed by atoms with Crippen molar-refractivity contribution in [3.8, 4) is 0 Å². The molecular weight excluding hydrogens is 537 g/mol. The molecule has 1 rings (SSSR count). The van der Waals surface area contributed by atoms with E-state index in [2.05, 4.69) is 91.2 Å². The summed E-state index contributed by atoms with van der Waals surface area (Å²) < 4.78 is 6.25. The standard InChI is InChI=1S/C28H48O3.C6H16Si.C2H8Si/c1-6-8-10-11-12-13-14-15-17-19-24-25(21-20-23(29)18-16-9-7-2)27(22-26(24)30)31-28(3,4)5;1-6(2,3)7(4)5;1-3-2/h6,8,15,17,20-21,23-25,27,29H,7,9-14,16,18-19,22H2,1-5H3;7H,1-5H3;3H2,1-2H3/b8-6+,17-15-,21-20+;;/t23?,24-,25-,27?;;/m1../s1. The number of ether oxygens (including phenoxy) is 1. The Morgan fingerprint density at radius 3 is 2.02 bits per heavy atom. The maximum absolute atomic E-state index is 12.8. The van der Waals surface area contributed by atoms with Crippen LogP contribution in [0.25, 0.3) is 0 Å². The van der Waals surface area contributed by atoms with Crippen molar-refractivity contribution in [2.45, 2.75) is 175 Å². The summed E-state index contributed by atoms with van der Waals surface area (Å²) in [7, 11) is 0.0579. The maximum Gasteiger partial charge on any atom is 0.139 e. The summed E-state index contributed by atoms with van der Waals surface area (Å²) in [5, 5.41) is 11.0. The third kappa shape index (κ3) is 24.4. The van der Waals surface area contributed by atoms with E-state index in [4.69, 9.17) is 4.74 Å². The van der Waals surface area contributed by atoms with E-state index in [0.717, 1.165) is 38.5 Å². The van der Waals surface area contributed by atoms with Gasteiger partial charge in [-0.15, -0.1) is 0 Å². The van der Waals surface area contributed by atoms with Crippen LogP contribution in [0.3, 0.4) is 0 Å². The van der Waals surface area contributed by atoms with E-state index in [-0.39, 0.29) is 32.3 Å². The first-order valence-corrected chi connectivity index (χ1v) is 22.7. The van der Waals surface area contributed by atoms with Crippen LogP contribution in [-0.2, 0) is 9.53 Å². The first-order valence-electron chi connectivity index (χ1n) is 17.0. The molecule has 4 atom stereocenters. The van der Waals surface area contributed by atoms with Crippen LogP contribution in [0.2, 0.25) is 31.2 Å². The van der Waals surface area contributed by atoms with Crippen molar-refractivity contribution < 1.29 is 14.6 Å². The fourth-order valence-electron chi connectivity index (χ4n) is 4.27. The summed E-state index contributed by atoms with van der Waals surface area (Å²) in [5.41, 5.74) is -0.283. The van der Waals surface area contributed by atoms with Crippen LogP contribution >= 0.6 is 0 Å². The lowest BCUT2D eigenvalue weighted by molar-refractivity contribution is -0.121. The molecule has 0 saturated heterocycles. The lowest BCUT2D eigenvalue weighted by Crippen LogP contribution is -2.30. The molecule has 0 spiro atoms.